The molecule has 0 radical (unpaired) electrons. The van der Waals surface area contributed by atoms with Gasteiger partial charge in [0.1, 0.15) is 17.2 Å². The van der Waals surface area contributed by atoms with Crippen LogP contribution in [0.2, 0.25) is 0 Å². The monoisotopic (exact) mass is 641 g/mol. The van der Waals surface area contributed by atoms with E-state index in [0.29, 0.717) is 16.9 Å². The molecule has 1 aromatic heterocycles. The fourth-order valence-electron chi connectivity index (χ4n) is 5.23. The van der Waals surface area contributed by atoms with Gasteiger partial charge < -0.3 is 14.8 Å². The number of alkyl halides is 3. The number of nitrogens with zero attached hydrogens (tertiary/aromatic N) is 2. The first-order valence-corrected chi connectivity index (χ1v) is 14.5. The number of halogens is 4. The summed E-state index contributed by atoms with van der Waals surface area (Å²) in [6.45, 7) is 5.49. The van der Waals surface area contributed by atoms with Gasteiger partial charge in [0.2, 0.25) is 0 Å². The van der Waals surface area contributed by atoms with Crippen molar-refractivity contribution in [3.8, 4) is 16.9 Å². The Morgan fingerprint density at radius 2 is 1.57 bits per heavy atom. The molecule has 8 nitrogen and oxygen atoms in total. The second-order valence-electron chi connectivity index (χ2n) is 11.6. The van der Waals surface area contributed by atoms with Crippen molar-refractivity contribution in [2.45, 2.75) is 65.0 Å². The number of aromatic nitrogens is 2. The molecule has 244 valence electrons. The van der Waals surface area contributed by atoms with Crippen molar-refractivity contribution >= 4 is 6.09 Å². The number of para-hydroxylation sites is 1. The summed E-state index contributed by atoms with van der Waals surface area (Å²) in [5.41, 5.74) is -3.30. The highest BCUT2D eigenvalue weighted by molar-refractivity contribution is 5.68. The first-order chi connectivity index (χ1) is 21.6. The Balaban J connectivity index is 1.86. The second kappa shape index (κ2) is 13.6. The molecule has 4 rings (SSSR count). The number of methoxy groups -OCH3 is 1. The molecule has 0 unspecified atom stereocenters. The van der Waals surface area contributed by atoms with Crippen LogP contribution in [0.25, 0.3) is 11.1 Å². The van der Waals surface area contributed by atoms with Crippen LogP contribution in [0, 0.1) is 12.7 Å². The van der Waals surface area contributed by atoms with Crippen LogP contribution in [0.1, 0.15) is 55.6 Å². The van der Waals surface area contributed by atoms with E-state index >= 15 is 0 Å². The van der Waals surface area contributed by atoms with Gasteiger partial charge >= 0.3 is 18.0 Å². The quantitative estimate of drug-likeness (QED) is 0.202. The van der Waals surface area contributed by atoms with Gasteiger partial charge in [0.15, 0.2) is 0 Å². The number of alkyl carbamates (subject to hydrolysis) is 1. The topological polar surface area (TPSA) is 91.6 Å². The minimum atomic E-state index is -4.89. The van der Waals surface area contributed by atoms with Crippen LogP contribution in [0.3, 0.4) is 0 Å². The van der Waals surface area contributed by atoms with Gasteiger partial charge in [-0.2, -0.15) is 13.2 Å². The van der Waals surface area contributed by atoms with Crippen LogP contribution in [0.5, 0.6) is 5.75 Å². The zero-order valence-electron chi connectivity index (χ0n) is 26.1. The number of hydrogen-bond donors (Lipinski definition) is 1. The Kier molecular flexibility index (Phi) is 10.1. The minimum absolute atomic E-state index is 0.0143. The van der Waals surface area contributed by atoms with E-state index in [0.717, 1.165) is 27.3 Å². The largest absolute Gasteiger partial charge is 0.496 e. The summed E-state index contributed by atoms with van der Waals surface area (Å²) in [5.74, 6) is -0.709. The average molecular weight is 642 g/mol. The van der Waals surface area contributed by atoms with Crippen molar-refractivity contribution in [3.63, 3.8) is 0 Å². The molecule has 0 saturated heterocycles. The van der Waals surface area contributed by atoms with E-state index in [9.17, 15) is 31.9 Å². The Morgan fingerprint density at radius 1 is 0.913 bits per heavy atom. The fourth-order valence-corrected chi connectivity index (χ4v) is 5.23. The summed E-state index contributed by atoms with van der Waals surface area (Å²) < 4.78 is 69.4. The van der Waals surface area contributed by atoms with E-state index in [1.165, 1.54) is 14.0 Å². The van der Waals surface area contributed by atoms with Crippen LogP contribution in [-0.4, -0.2) is 27.9 Å². The number of benzene rings is 3. The minimum Gasteiger partial charge on any atom is -0.496 e. The second-order valence-corrected chi connectivity index (χ2v) is 11.6. The molecule has 0 aliphatic carbocycles. The molecule has 46 heavy (non-hydrogen) atoms. The number of rotatable bonds is 9. The first-order valence-electron chi connectivity index (χ1n) is 14.5. The molecule has 0 bridgehead atoms. The summed E-state index contributed by atoms with van der Waals surface area (Å²) in [7, 11) is 1.45. The van der Waals surface area contributed by atoms with E-state index in [-0.39, 0.29) is 24.2 Å². The van der Waals surface area contributed by atoms with Crippen molar-refractivity contribution < 1.29 is 31.8 Å². The Morgan fingerprint density at radius 3 is 2.20 bits per heavy atom. The lowest BCUT2D eigenvalue weighted by atomic mass is 10.0. The predicted molar refractivity (Wildman–Crippen MR) is 165 cm³/mol. The van der Waals surface area contributed by atoms with E-state index in [4.69, 9.17) is 9.47 Å². The summed E-state index contributed by atoms with van der Waals surface area (Å²) in [6, 6.07) is 17.0. The maximum Gasteiger partial charge on any atom is 0.416 e. The Bertz CT molecular complexity index is 1830. The maximum atomic E-state index is 14.9. The number of hydrogen-bond acceptors (Lipinski definition) is 5. The molecule has 12 heteroatoms. The predicted octanol–water partition coefficient (Wildman–Crippen LogP) is 6.86. The van der Waals surface area contributed by atoms with Gasteiger partial charge in [-0.25, -0.2) is 14.0 Å². The molecule has 4 aromatic rings. The summed E-state index contributed by atoms with van der Waals surface area (Å²) in [5, 5.41) is 2.78. The normalized spacial score (nSPS) is 12.5. The summed E-state index contributed by atoms with van der Waals surface area (Å²) >= 11 is 0. The molecule has 0 spiro atoms. The van der Waals surface area contributed by atoms with Crippen molar-refractivity contribution in [2.75, 3.05) is 7.11 Å². The number of ether oxygens (including phenoxy) is 2. The molecule has 1 heterocycles. The van der Waals surface area contributed by atoms with Gasteiger partial charge in [-0.15, -0.1) is 0 Å². The molecule has 0 fully saturated rings. The third-order valence-corrected chi connectivity index (χ3v) is 7.34. The molecule has 3 aromatic carbocycles. The smallest absolute Gasteiger partial charge is 0.416 e. The molecule has 0 saturated carbocycles. The van der Waals surface area contributed by atoms with Crippen molar-refractivity contribution in [3.05, 3.63) is 122 Å². The van der Waals surface area contributed by atoms with Crippen LogP contribution in [-0.2, 0) is 24.0 Å². The molecule has 0 aliphatic heterocycles. The van der Waals surface area contributed by atoms with Gasteiger partial charge in [0, 0.05) is 23.4 Å². The summed E-state index contributed by atoms with van der Waals surface area (Å²) in [4.78, 5) is 40.7. The van der Waals surface area contributed by atoms with Gasteiger partial charge in [0.25, 0.3) is 5.56 Å². The SMILES string of the molecule is COc1ccccc1[C@H](CCn1c(=O)c(-c2ccccc2)c(C)n(Cc2c(F)cccc2C(F)(F)F)c1=O)NC(=O)OC(C)(C)C. The highest BCUT2D eigenvalue weighted by Crippen LogP contribution is 2.34. The van der Waals surface area contributed by atoms with Crippen LogP contribution in [0.4, 0.5) is 22.4 Å². The Hall–Kier alpha value is -4.87. The lowest BCUT2D eigenvalue weighted by Crippen LogP contribution is -2.43. The third-order valence-electron chi connectivity index (χ3n) is 7.34. The summed E-state index contributed by atoms with van der Waals surface area (Å²) in [6.07, 6.45) is -5.65. The standard InChI is InChI=1S/C34H35F4N3O5/c1-21-29(22-12-7-6-8-13-22)30(42)40(32(44)41(21)20-24-25(34(36,37)38)15-11-16-26(24)35)19-18-27(39-31(43)46-33(2,3)4)23-14-9-10-17-28(23)45-5/h6-17,27H,18-20H2,1-5H3,(H,39,43)/t27-/m0/s1. The average Bonchev–Trinajstić information content (AvgIpc) is 2.98. The van der Waals surface area contributed by atoms with E-state index < -0.39 is 58.7 Å². The zero-order valence-corrected chi connectivity index (χ0v) is 26.1. The highest BCUT2D eigenvalue weighted by Gasteiger charge is 2.35. The highest BCUT2D eigenvalue weighted by atomic mass is 19.4. The first kappa shape index (κ1) is 34.0. The van der Waals surface area contributed by atoms with Crippen molar-refractivity contribution in [2.24, 2.45) is 0 Å². The molecular weight excluding hydrogens is 606 g/mol. The number of nitrogens with one attached hydrogen (secondary N) is 1. The molecule has 1 atom stereocenters. The molecule has 1 amide bonds. The number of amides is 1. The van der Waals surface area contributed by atoms with E-state index in [1.54, 1.807) is 75.4 Å². The van der Waals surface area contributed by atoms with Crippen LogP contribution >= 0.6 is 0 Å². The van der Waals surface area contributed by atoms with Crippen molar-refractivity contribution in [1.82, 2.24) is 14.5 Å². The maximum absolute atomic E-state index is 14.9. The molecule has 0 aliphatic rings. The molecular formula is C34H35F4N3O5. The zero-order chi connectivity index (χ0) is 33.8. The van der Waals surface area contributed by atoms with E-state index in [2.05, 4.69) is 5.32 Å². The van der Waals surface area contributed by atoms with E-state index in [1.807, 2.05) is 0 Å². The fraction of sp³-hybridized carbons (Fsp3) is 0.324. The van der Waals surface area contributed by atoms with Gasteiger partial charge in [-0.1, -0.05) is 54.6 Å². The van der Waals surface area contributed by atoms with Gasteiger partial charge in [-0.05, 0) is 57.9 Å². The van der Waals surface area contributed by atoms with Crippen LogP contribution in [0.15, 0.2) is 82.4 Å². The molecule has 1 N–H and O–H groups in total. The third kappa shape index (κ3) is 7.67. The lowest BCUT2D eigenvalue weighted by molar-refractivity contribution is -0.138. The number of carbonyl (C=O) groups is 1. The lowest BCUT2D eigenvalue weighted by Gasteiger charge is -2.25. The van der Waals surface area contributed by atoms with Crippen molar-refractivity contribution in [1.29, 1.82) is 0 Å². The number of carbonyl (C=O) groups excluding carboxylic acids is 1. The van der Waals surface area contributed by atoms with Crippen LogP contribution < -0.4 is 21.3 Å². The van der Waals surface area contributed by atoms with Gasteiger partial charge in [-0.3, -0.25) is 13.9 Å². The van der Waals surface area contributed by atoms with Gasteiger partial charge in [0.05, 0.1) is 30.8 Å². The Labute approximate surface area is 263 Å².